The monoisotopic (exact) mass is 169 g/mol. The van der Waals surface area contributed by atoms with Gasteiger partial charge in [0.25, 0.3) is 0 Å². The molecule has 5 heteroatoms. The van der Waals surface area contributed by atoms with Crippen LogP contribution in [-0.4, -0.2) is 23.7 Å². The van der Waals surface area contributed by atoms with Gasteiger partial charge in [0, 0.05) is 12.2 Å². The maximum Gasteiger partial charge on any atom is 0.331 e. The molecule has 0 fully saturated rings. The van der Waals surface area contributed by atoms with Gasteiger partial charge < -0.3 is 9.84 Å². The number of carbonyl (C=O) groups is 2. The Hall–Kier alpha value is -1.83. The van der Waals surface area contributed by atoms with Crippen molar-refractivity contribution in [3.8, 4) is 6.07 Å². The Morgan fingerprint density at radius 1 is 1.50 bits per heavy atom. The molecule has 0 aromatic rings. The van der Waals surface area contributed by atoms with E-state index >= 15 is 0 Å². The summed E-state index contributed by atoms with van der Waals surface area (Å²) in [6, 6.07) is 1.77. The molecule has 0 amide bonds. The Morgan fingerprint density at radius 3 is 2.67 bits per heavy atom. The Bertz CT molecular complexity index is 238. The number of hydrogen-bond acceptors (Lipinski definition) is 4. The smallest absolute Gasteiger partial charge is 0.331 e. The first-order valence-electron chi connectivity index (χ1n) is 3.11. The van der Waals surface area contributed by atoms with E-state index in [9.17, 15) is 9.59 Å². The second-order valence-electron chi connectivity index (χ2n) is 1.75. The summed E-state index contributed by atoms with van der Waals surface area (Å²) in [5, 5.41) is 16.1. The van der Waals surface area contributed by atoms with Gasteiger partial charge in [-0.05, 0) is 0 Å². The highest BCUT2D eigenvalue weighted by Gasteiger charge is 1.96. The molecule has 1 N–H and O–H groups in total. The number of nitriles is 1. The Morgan fingerprint density at radius 2 is 2.17 bits per heavy atom. The molecule has 0 bridgehead atoms. The molecule has 0 saturated carbocycles. The largest absolute Gasteiger partial charge is 0.478 e. The van der Waals surface area contributed by atoms with E-state index in [0.29, 0.717) is 6.08 Å². The number of hydrogen-bond donors (Lipinski definition) is 1. The third-order valence-corrected chi connectivity index (χ3v) is 0.820. The van der Waals surface area contributed by atoms with Gasteiger partial charge in [-0.25, -0.2) is 9.59 Å². The van der Waals surface area contributed by atoms with Crippen LogP contribution in [0.25, 0.3) is 0 Å². The zero-order chi connectivity index (χ0) is 9.40. The molecule has 0 aromatic carbocycles. The summed E-state index contributed by atoms with van der Waals surface area (Å²) in [4.78, 5) is 20.4. The predicted molar refractivity (Wildman–Crippen MR) is 38.0 cm³/mol. The summed E-state index contributed by atoms with van der Waals surface area (Å²) in [7, 11) is 0. The zero-order valence-corrected chi connectivity index (χ0v) is 6.19. The Kier molecular flexibility index (Phi) is 5.02. The van der Waals surface area contributed by atoms with E-state index < -0.39 is 11.9 Å². The highest BCUT2D eigenvalue weighted by atomic mass is 16.5. The van der Waals surface area contributed by atoms with E-state index in [1.54, 1.807) is 6.07 Å². The number of rotatable bonds is 4. The van der Waals surface area contributed by atoms with Gasteiger partial charge >= 0.3 is 11.9 Å². The lowest BCUT2D eigenvalue weighted by Crippen LogP contribution is -2.02. The second-order valence-corrected chi connectivity index (χ2v) is 1.75. The first-order valence-corrected chi connectivity index (χ1v) is 3.11. The van der Waals surface area contributed by atoms with Crippen LogP contribution in [0.4, 0.5) is 0 Å². The molecule has 0 aliphatic heterocycles. The quantitative estimate of drug-likeness (QED) is 0.366. The fraction of sp³-hybridized carbons (Fsp3) is 0.286. The van der Waals surface area contributed by atoms with Crippen molar-refractivity contribution in [3.05, 3.63) is 12.2 Å². The van der Waals surface area contributed by atoms with Crippen molar-refractivity contribution in [1.29, 1.82) is 5.26 Å². The van der Waals surface area contributed by atoms with Crippen LogP contribution in [0.2, 0.25) is 0 Å². The average molecular weight is 169 g/mol. The van der Waals surface area contributed by atoms with Crippen molar-refractivity contribution < 1.29 is 19.4 Å². The lowest BCUT2D eigenvalue weighted by Gasteiger charge is -1.94. The number of nitrogens with zero attached hydrogens (tertiary/aromatic N) is 1. The lowest BCUT2D eigenvalue weighted by atomic mass is 10.5. The Balaban J connectivity index is 3.61. The maximum atomic E-state index is 10.5. The van der Waals surface area contributed by atoms with E-state index in [4.69, 9.17) is 10.4 Å². The average Bonchev–Trinajstić information content (AvgIpc) is 2.01. The normalized spacial score (nSPS) is 9.25. The number of esters is 1. The van der Waals surface area contributed by atoms with Gasteiger partial charge in [-0.3, -0.25) is 0 Å². The maximum absolute atomic E-state index is 10.5. The summed E-state index contributed by atoms with van der Waals surface area (Å²) in [6.07, 6.45) is 1.57. The molecule has 0 saturated heterocycles. The van der Waals surface area contributed by atoms with Gasteiger partial charge in [-0.1, -0.05) is 0 Å². The van der Waals surface area contributed by atoms with E-state index in [0.717, 1.165) is 6.08 Å². The molecule has 0 spiro atoms. The first kappa shape index (κ1) is 10.2. The molecule has 5 nitrogen and oxygen atoms in total. The van der Waals surface area contributed by atoms with Crippen molar-refractivity contribution in [2.45, 2.75) is 6.42 Å². The van der Waals surface area contributed by atoms with Crippen molar-refractivity contribution >= 4 is 11.9 Å². The summed E-state index contributed by atoms with van der Waals surface area (Å²) < 4.78 is 4.42. The molecule has 0 aliphatic carbocycles. The summed E-state index contributed by atoms with van der Waals surface area (Å²) in [6.45, 7) is -0.0146. The predicted octanol–water partition coefficient (Wildman–Crippen LogP) is 0.0841. The zero-order valence-electron chi connectivity index (χ0n) is 6.19. The van der Waals surface area contributed by atoms with E-state index in [1.807, 2.05) is 0 Å². The molecule has 0 radical (unpaired) electrons. The molecule has 0 rings (SSSR count). The lowest BCUT2D eigenvalue weighted by molar-refractivity contribution is -0.138. The van der Waals surface area contributed by atoms with Gasteiger partial charge in [-0.15, -0.1) is 0 Å². The van der Waals surface area contributed by atoms with Crippen LogP contribution in [-0.2, 0) is 14.3 Å². The summed E-state index contributed by atoms with van der Waals surface area (Å²) >= 11 is 0. The van der Waals surface area contributed by atoms with Gasteiger partial charge in [-0.2, -0.15) is 5.26 Å². The van der Waals surface area contributed by atoms with Crippen molar-refractivity contribution in [3.63, 3.8) is 0 Å². The fourth-order valence-electron chi connectivity index (χ4n) is 0.385. The van der Waals surface area contributed by atoms with Crippen LogP contribution >= 0.6 is 0 Å². The highest BCUT2D eigenvalue weighted by Crippen LogP contribution is 1.84. The van der Waals surface area contributed by atoms with E-state index in [2.05, 4.69) is 4.74 Å². The van der Waals surface area contributed by atoms with Crippen molar-refractivity contribution in [2.24, 2.45) is 0 Å². The minimum Gasteiger partial charge on any atom is -0.478 e. The summed E-state index contributed by atoms with van der Waals surface area (Å²) in [5.41, 5.74) is 0. The molecule has 0 aromatic heterocycles. The van der Waals surface area contributed by atoms with E-state index in [1.165, 1.54) is 0 Å². The van der Waals surface area contributed by atoms with Crippen LogP contribution < -0.4 is 0 Å². The number of carboxylic acids is 1. The van der Waals surface area contributed by atoms with Crippen LogP contribution in [0.1, 0.15) is 6.42 Å². The summed E-state index contributed by atoms with van der Waals surface area (Å²) in [5.74, 6) is -1.97. The van der Waals surface area contributed by atoms with Crippen molar-refractivity contribution in [1.82, 2.24) is 0 Å². The Labute approximate surface area is 68.9 Å². The number of aliphatic carboxylic acids is 1. The van der Waals surface area contributed by atoms with Gasteiger partial charge in [0.05, 0.1) is 12.5 Å². The number of carboxylic acid groups (broad SMARTS) is 1. The highest BCUT2D eigenvalue weighted by molar-refractivity contribution is 5.90. The van der Waals surface area contributed by atoms with E-state index in [-0.39, 0.29) is 13.0 Å². The molecule has 12 heavy (non-hydrogen) atoms. The van der Waals surface area contributed by atoms with Gasteiger partial charge in [0.1, 0.15) is 6.61 Å². The molecular formula is C7H7NO4. The van der Waals surface area contributed by atoms with Gasteiger partial charge in [0.2, 0.25) is 0 Å². The van der Waals surface area contributed by atoms with Gasteiger partial charge in [0.15, 0.2) is 0 Å². The van der Waals surface area contributed by atoms with Crippen LogP contribution in [0, 0.1) is 11.3 Å². The standard InChI is InChI=1S/C7H7NO4/c8-4-1-5-12-7(11)3-2-6(9)10/h2-3H,1,5H2,(H,9,10)/b3-2+. The first-order chi connectivity index (χ1) is 5.66. The molecular weight excluding hydrogens is 162 g/mol. The molecule has 64 valence electrons. The molecule has 0 aliphatic rings. The number of carbonyl (C=O) groups excluding carboxylic acids is 1. The minimum atomic E-state index is -1.22. The van der Waals surface area contributed by atoms with Crippen LogP contribution in [0.15, 0.2) is 12.2 Å². The minimum absolute atomic E-state index is 0.0146. The second kappa shape index (κ2) is 5.92. The third kappa shape index (κ3) is 6.29. The number of ether oxygens (including phenoxy) is 1. The molecule has 0 atom stereocenters. The van der Waals surface area contributed by atoms with Crippen molar-refractivity contribution in [2.75, 3.05) is 6.61 Å². The third-order valence-electron chi connectivity index (χ3n) is 0.820. The topological polar surface area (TPSA) is 87.4 Å². The fourth-order valence-corrected chi connectivity index (χ4v) is 0.385. The van der Waals surface area contributed by atoms with Crippen LogP contribution in [0.3, 0.4) is 0 Å². The van der Waals surface area contributed by atoms with Crippen LogP contribution in [0.5, 0.6) is 0 Å². The SMILES string of the molecule is N#CCCOC(=O)/C=C/C(=O)O. The molecule has 0 heterocycles. The molecule has 0 unspecified atom stereocenters.